The number of aromatic nitrogens is 2. The summed E-state index contributed by atoms with van der Waals surface area (Å²) in [5.74, 6) is 0. The largest absolute Gasteiger partial charge is 0.380 e. The maximum absolute atomic E-state index is 5.51. The molecule has 0 aliphatic rings. The smallest absolute Gasteiger partial charge is 0.210 e. The van der Waals surface area contributed by atoms with Crippen molar-refractivity contribution in [3.63, 3.8) is 0 Å². The Morgan fingerprint density at radius 1 is 1.43 bits per heavy atom. The lowest BCUT2D eigenvalue weighted by Gasteiger charge is -2.18. The minimum atomic E-state index is 0.509. The van der Waals surface area contributed by atoms with Crippen molar-refractivity contribution in [3.8, 4) is 0 Å². The molecule has 6 heteroatoms. The zero-order valence-electron chi connectivity index (χ0n) is 8.56. The summed E-state index contributed by atoms with van der Waals surface area (Å²) in [6.07, 6.45) is 0. The minimum absolute atomic E-state index is 0.509. The van der Waals surface area contributed by atoms with Crippen LogP contribution in [0.4, 0.5) is 10.3 Å². The summed E-state index contributed by atoms with van der Waals surface area (Å²) in [6.45, 7) is 7.24. The van der Waals surface area contributed by atoms with Crippen molar-refractivity contribution in [2.45, 2.75) is 13.8 Å². The molecule has 1 heterocycles. The third kappa shape index (κ3) is 3.12. The van der Waals surface area contributed by atoms with Crippen molar-refractivity contribution >= 4 is 21.6 Å². The maximum Gasteiger partial charge on any atom is 0.210 e. The van der Waals surface area contributed by atoms with Crippen molar-refractivity contribution in [2.75, 3.05) is 36.9 Å². The van der Waals surface area contributed by atoms with Gasteiger partial charge in [-0.1, -0.05) is 11.3 Å². The molecule has 0 atom stereocenters. The Bertz CT molecular complexity index is 266. The second-order valence-corrected chi connectivity index (χ2v) is 3.69. The summed E-state index contributed by atoms with van der Waals surface area (Å²) in [5.41, 5.74) is 5.51. The molecule has 0 radical (unpaired) electrons. The highest BCUT2D eigenvalue weighted by molar-refractivity contribution is 7.18. The number of ether oxygens (including phenoxy) is 1. The fourth-order valence-electron chi connectivity index (χ4n) is 1.06. The molecule has 14 heavy (non-hydrogen) atoms. The summed E-state index contributed by atoms with van der Waals surface area (Å²) in [7, 11) is 0. The molecule has 1 rings (SSSR count). The topological polar surface area (TPSA) is 64.3 Å². The Labute approximate surface area is 87.9 Å². The van der Waals surface area contributed by atoms with Crippen molar-refractivity contribution < 1.29 is 4.74 Å². The molecule has 0 aliphatic heterocycles. The van der Waals surface area contributed by atoms with Gasteiger partial charge in [-0.3, -0.25) is 0 Å². The van der Waals surface area contributed by atoms with Crippen LogP contribution in [-0.4, -0.2) is 36.5 Å². The van der Waals surface area contributed by atoms with Crippen molar-refractivity contribution in [3.05, 3.63) is 0 Å². The zero-order valence-corrected chi connectivity index (χ0v) is 9.38. The number of hydrogen-bond donors (Lipinski definition) is 1. The standard InChI is InChI=1S/C8H16N4OS/c1-3-12(5-6-13-4-2)8-11-10-7(9)14-8/h3-6H2,1-2H3,(H2,9,10). The van der Waals surface area contributed by atoms with Gasteiger partial charge < -0.3 is 15.4 Å². The van der Waals surface area contributed by atoms with Crippen LogP contribution in [-0.2, 0) is 4.74 Å². The molecule has 0 aliphatic carbocycles. The van der Waals surface area contributed by atoms with E-state index >= 15 is 0 Å². The Morgan fingerprint density at radius 2 is 2.21 bits per heavy atom. The van der Waals surface area contributed by atoms with Gasteiger partial charge in [0.15, 0.2) is 0 Å². The molecule has 5 nitrogen and oxygen atoms in total. The number of anilines is 2. The molecule has 2 N–H and O–H groups in total. The van der Waals surface area contributed by atoms with Gasteiger partial charge in [0.1, 0.15) is 0 Å². The summed E-state index contributed by atoms with van der Waals surface area (Å²) >= 11 is 1.40. The second kappa shape index (κ2) is 5.77. The highest BCUT2D eigenvalue weighted by Crippen LogP contribution is 2.20. The first-order valence-electron chi connectivity index (χ1n) is 4.69. The molecule has 0 spiro atoms. The molecule has 0 bridgehead atoms. The van der Waals surface area contributed by atoms with Gasteiger partial charge >= 0.3 is 0 Å². The number of rotatable bonds is 6. The van der Waals surface area contributed by atoms with Gasteiger partial charge in [0.25, 0.3) is 0 Å². The van der Waals surface area contributed by atoms with Gasteiger partial charge in [0.05, 0.1) is 6.61 Å². The Kier molecular flexibility index (Phi) is 4.61. The van der Waals surface area contributed by atoms with Crippen LogP contribution in [0.2, 0.25) is 0 Å². The normalized spacial score (nSPS) is 10.4. The minimum Gasteiger partial charge on any atom is -0.380 e. The van der Waals surface area contributed by atoms with E-state index in [1.807, 2.05) is 6.92 Å². The summed E-state index contributed by atoms with van der Waals surface area (Å²) < 4.78 is 5.28. The predicted molar refractivity (Wildman–Crippen MR) is 58.7 cm³/mol. The van der Waals surface area contributed by atoms with Crippen LogP contribution in [0, 0.1) is 0 Å². The molecule has 1 aromatic rings. The van der Waals surface area contributed by atoms with E-state index in [4.69, 9.17) is 10.5 Å². The molecule has 1 aromatic heterocycles. The molecule has 0 amide bonds. The number of nitrogens with zero attached hydrogens (tertiary/aromatic N) is 3. The van der Waals surface area contributed by atoms with Crippen LogP contribution in [0.1, 0.15) is 13.8 Å². The average molecular weight is 216 g/mol. The molecular weight excluding hydrogens is 200 g/mol. The van der Waals surface area contributed by atoms with E-state index in [2.05, 4.69) is 22.0 Å². The first-order valence-corrected chi connectivity index (χ1v) is 5.51. The van der Waals surface area contributed by atoms with Crippen LogP contribution in [0.3, 0.4) is 0 Å². The van der Waals surface area contributed by atoms with Crippen LogP contribution >= 0.6 is 11.3 Å². The summed E-state index contributed by atoms with van der Waals surface area (Å²) in [6, 6.07) is 0. The van der Waals surface area contributed by atoms with Gasteiger partial charge in [-0.25, -0.2) is 0 Å². The molecule has 0 saturated carbocycles. The van der Waals surface area contributed by atoms with Gasteiger partial charge in [-0.15, -0.1) is 10.2 Å². The zero-order chi connectivity index (χ0) is 10.4. The van der Waals surface area contributed by atoms with Crippen LogP contribution < -0.4 is 10.6 Å². The molecule has 0 fully saturated rings. The number of nitrogens with two attached hydrogens (primary N) is 1. The Morgan fingerprint density at radius 3 is 2.71 bits per heavy atom. The van der Waals surface area contributed by atoms with E-state index in [1.54, 1.807) is 0 Å². The van der Waals surface area contributed by atoms with Crippen LogP contribution in [0.15, 0.2) is 0 Å². The Balaban J connectivity index is 2.45. The second-order valence-electron chi connectivity index (χ2n) is 2.70. The van der Waals surface area contributed by atoms with Crippen molar-refractivity contribution in [2.24, 2.45) is 0 Å². The van der Waals surface area contributed by atoms with Gasteiger partial charge in [-0.05, 0) is 13.8 Å². The fraction of sp³-hybridized carbons (Fsp3) is 0.750. The number of nitrogen functional groups attached to an aromatic ring is 1. The summed E-state index contributed by atoms with van der Waals surface area (Å²) in [5, 5.41) is 9.13. The van der Waals surface area contributed by atoms with E-state index in [1.165, 1.54) is 11.3 Å². The Hall–Kier alpha value is -0.880. The molecule has 0 aromatic carbocycles. The van der Waals surface area contributed by atoms with Crippen LogP contribution in [0.25, 0.3) is 0 Å². The lowest BCUT2D eigenvalue weighted by atomic mass is 10.5. The predicted octanol–water partition coefficient (Wildman–Crippen LogP) is 0.983. The summed E-state index contributed by atoms with van der Waals surface area (Å²) in [4.78, 5) is 2.10. The quantitative estimate of drug-likeness (QED) is 0.718. The van der Waals surface area contributed by atoms with E-state index in [0.29, 0.717) is 11.7 Å². The lowest BCUT2D eigenvalue weighted by molar-refractivity contribution is 0.154. The average Bonchev–Trinajstić information content (AvgIpc) is 2.60. The molecule has 0 saturated heterocycles. The van der Waals surface area contributed by atoms with E-state index < -0.39 is 0 Å². The van der Waals surface area contributed by atoms with Crippen molar-refractivity contribution in [1.29, 1.82) is 0 Å². The van der Waals surface area contributed by atoms with Crippen LogP contribution in [0.5, 0.6) is 0 Å². The van der Waals surface area contributed by atoms with Crippen molar-refractivity contribution in [1.82, 2.24) is 10.2 Å². The molecule has 80 valence electrons. The first-order chi connectivity index (χ1) is 6.77. The number of hydrogen-bond acceptors (Lipinski definition) is 6. The van der Waals surface area contributed by atoms with Gasteiger partial charge in [0.2, 0.25) is 10.3 Å². The monoisotopic (exact) mass is 216 g/mol. The molecule has 0 unspecified atom stereocenters. The first kappa shape index (κ1) is 11.2. The lowest BCUT2D eigenvalue weighted by Crippen LogP contribution is -2.27. The van der Waals surface area contributed by atoms with Gasteiger partial charge in [0, 0.05) is 19.7 Å². The molecular formula is C8H16N4OS. The SMILES string of the molecule is CCOCCN(CC)c1nnc(N)s1. The van der Waals surface area contributed by atoms with Gasteiger partial charge in [-0.2, -0.15) is 0 Å². The van der Waals surface area contributed by atoms with E-state index in [9.17, 15) is 0 Å². The number of likely N-dealkylation sites (N-methyl/N-ethyl adjacent to an activating group) is 1. The highest BCUT2D eigenvalue weighted by Gasteiger charge is 2.08. The van der Waals surface area contributed by atoms with E-state index in [0.717, 1.165) is 24.8 Å². The third-order valence-corrected chi connectivity index (χ3v) is 2.61. The third-order valence-electron chi connectivity index (χ3n) is 1.79. The van der Waals surface area contributed by atoms with E-state index in [-0.39, 0.29) is 0 Å². The highest BCUT2D eigenvalue weighted by atomic mass is 32.1. The fourth-order valence-corrected chi connectivity index (χ4v) is 1.76. The maximum atomic E-state index is 5.51.